The molecule has 0 atom stereocenters. The lowest BCUT2D eigenvalue weighted by atomic mass is 9.68. The quantitative estimate of drug-likeness (QED) is 0.135. The van der Waals surface area contributed by atoms with Crippen LogP contribution in [0.1, 0.15) is 43.2 Å². The van der Waals surface area contributed by atoms with Crippen LogP contribution in [0, 0.1) is 0 Å². The Hall–Kier alpha value is -8.72. The highest BCUT2D eigenvalue weighted by Gasteiger charge is 2.44. The summed E-state index contributed by atoms with van der Waals surface area (Å²) in [7, 11) is 0. The number of benzene rings is 11. The second-order valence-corrected chi connectivity index (χ2v) is 19.6. The maximum absolute atomic E-state index is 2.54. The molecule has 2 nitrogen and oxygen atoms in total. The van der Waals surface area contributed by atoms with Crippen molar-refractivity contribution in [3.8, 4) is 55.6 Å². The van der Waals surface area contributed by atoms with Crippen molar-refractivity contribution in [3.63, 3.8) is 0 Å². The van der Waals surface area contributed by atoms with Gasteiger partial charge in [0.25, 0.3) is 0 Å². The molecule has 1 fully saturated rings. The van der Waals surface area contributed by atoms with Crippen molar-refractivity contribution in [3.05, 3.63) is 278 Å². The number of anilines is 6. The zero-order chi connectivity index (χ0) is 47.8. The summed E-state index contributed by atoms with van der Waals surface area (Å²) >= 11 is 0. The Morgan fingerprint density at radius 1 is 0.264 bits per heavy atom. The summed E-state index contributed by atoms with van der Waals surface area (Å²) in [5, 5.41) is 2.47. The minimum absolute atomic E-state index is 0.0662. The lowest BCUT2D eigenvalue weighted by Crippen LogP contribution is -2.28. The highest BCUT2D eigenvalue weighted by Crippen LogP contribution is 2.57. The number of hydrogen-bond acceptors (Lipinski definition) is 2. The van der Waals surface area contributed by atoms with Gasteiger partial charge in [0.2, 0.25) is 0 Å². The van der Waals surface area contributed by atoms with Crippen molar-refractivity contribution >= 4 is 44.9 Å². The third-order valence-electron chi connectivity index (χ3n) is 15.4. The van der Waals surface area contributed by atoms with Crippen LogP contribution >= 0.6 is 0 Å². The van der Waals surface area contributed by atoms with Gasteiger partial charge in [-0.15, -0.1) is 0 Å². The molecule has 344 valence electrons. The molecule has 0 unspecified atom stereocenters. The van der Waals surface area contributed by atoms with Gasteiger partial charge in [0, 0.05) is 39.2 Å². The van der Waals surface area contributed by atoms with Crippen molar-refractivity contribution < 1.29 is 0 Å². The predicted octanol–water partition coefficient (Wildman–Crippen LogP) is 19.7. The number of nitrogens with zero attached hydrogens (tertiary/aromatic N) is 2. The molecule has 0 amide bonds. The lowest BCUT2D eigenvalue weighted by Gasteiger charge is -2.36. The first-order valence-corrected chi connectivity index (χ1v) is 25.6. The minimum Gasteiger partial charge on any atom is -0.310 e. The van der Waals surface area contributed by atoms with Crippen LogP contribution in [0.3, 0.4) is 0 Å². The normalized spacial score (nSPS) is 13.4. The van der Waals surface area contributed by atoms with E-state index >= 15 is 0 Å². The first-order chi connectivity index (χ1) is 35.7. The fraction of sp³-hybridized carbons (Fsp3) is 0.0857. The predicted molar refractivity (Wildman–Crippen MR) is 304 cm³/mol. The average Bonchev–Trinajstić information content (AvgIpc) is 3.72. The standard InChI is InChI=1S/C70H54N2/c1-5-18-50(19-6-1)53-30-36-59(37-31-53)71(63-47-57(51-20-7-2-8-21-51)46-58(48-63)52-22-9-3-10-23-52)60-38-32-54(33-39-60)55-34-40-61(41-35-55)72(69-29-17-25-56-24-11-12-26-64(56)69)62-42-43-66-65-27-13-14-28-67(65)70(68(66)49-62)44-15-4-16-45-70/h1-3,5-14,17-43,46-49H,4,15-16,44-45H2. The third kappa shape index (κ3) is 7.86. The number of hydrogen-bond donors (Lipinski definition) is 0. The van der Waals surface area contributed by atoms with Gasteiger partial charge >= 0.3 is 0 Å². The van der Waals surface area contributed by atoms with Crippen molar-refractivity contribution in [2.24, 2.45) is 0 Å². The molecule has 11 aromatic rings. The fourth-order valence-electron chi connectivity index (χ4n) is 11.9. The second-order valence-electron chi connectivity index (χ2n) is 19.6. The smallest absolute Gasteiger partial charge is 0.0540 e. The van der Waals surface area contributed by atoms with E-state index in [1.807, 2.05) is 0 Å². The SMILES string of the molecule is c1ccc(-c2ccc(N(c3ccc(-c4ccc(N(c5ccc6c(c5)C5(CCCCC5)c5ccccc5-6)c5cccc6ccccc56)cc4)cc3)c3cc(-c4ccccc4)cc(-c4ccccc4)c3)cc2)cc1. The molecule has 0 radical (unpaired) electrons. The van der Waals surface area contributed by atoms with Crippen LogP contribution in [0.15, 0.2) is 267 Å². The summed E-state index contributed by atoms with van der Waals surface area (Å²) in [6, 6.07) is 98.3. The van der Waals surface area contributed by atoms with Crippen molar-refractivity contribution in [1.82, 2.24) is 0 Å². The summed E-state index contributed by atoms with van der Waals surface area (Å²) in [5.41, 5.74) is 22.1. The summed E-state index contributed by atoms with van der Waals surface area (Å²) in [5.74, 6) is 0. The molecule has 0 aromatic heterocycles. The van der Waals surface area contributed by atoms with E-state index in [2.05, 4.69) is 277 Å². The topological polar surface area (TPSA) is 6.48 Å². The minimum atomic E-state index is 0.0662. The van der Waals surface area contributed by atoms with Gasteiger partial charge in [-0.05, 0) is 158 Å². The Morgan fingerprint density at radius 2 is 0.708 bits per heavy atom. The van der Waals surface area contributed by atoms with E-state index in [0.29, 0.717) is 0 Å². The van der Waals surface area contributed by atoms with Crippen molar-refractivity contribution in [2.45, 2.75) is 37.5 Å². The highest BCUT2D eigenvalue weighted by atomic mass is 15.1. The number of rotatable bonds is 10. The Morgan fingerprint density at radius 3 is 1.29 bits per heavy atom. The van der Waals surface area contributed by atoms with Gasteiger partial charge in [-0.2, -0.15) is 0 Å². The molecule has 0 saturated heterocycles. The Bertz CT molecular complexity index is 3620. The molecule has 1 spiro atoms. The Labute approximate surface area is 423 Å². The molecule has 11 aromatic carbocycles. The summed E-state index contributed by atoms with van der Waals surface area (Å²) < 4.78 is 0. The Balaban J connectivity index is 0.891. The van der Waals surface area contributed by atoms with E-state index in [9.17, 15) is 0 Å². The molecular weight excluding hydrogens is 869 g/mol. The van der Waals surface area contributed by atoms with Gasteiger partial charge in [-0.1, -0.05) is 213 Å². The van der Waals surface area contributed by atoms with Gasteiger partial charge in [-0.3, -0.25) is 0 Å². The van der Waals surface area contributed by atoms with Crippen LogP contribution in [-0.2, 0) is 5.41 Å². The van der Waals surface area contributed by atoms with Gasteiger partial charge in [0.15, 0.2) is 0 Å². The first kappa shape index (κ1) is 43.3. The zero-order valence-corrected chi connectivity index (χ0v) is 40.3. The van der Waals surface area contributed by atoms with Crippen LogP contribution in [-0.4, -0.2) is 0 Å². The molecule has 2 aliphatic rings. The van der Waals surface area contributed by atoms with E-state index in [1.165, 1.54) is 121 Å². The molecule has 0 heterocycles. The van der Waals surface area contributed by atoms with Crippen LogP contribution < -0.4 is 9.80 Å². The van der Waals surface area contributed by atoms with E-state index in [4.69, 9.17) is 0 Å². The third-order valence-corrected chi connectivity index (χ3v) is 15.4. The van der Waals surface area contributed by atoms with Crippen molar-refractivity contribution in [1.29, 1.82) is 0 Å². The molecule has 1 saturated carbocycles. The molecule has 2 heteroatoms. The van der Waals surface area contributed by atoms with E-state index < -0.39 is 0 Å². The second kappa shape index (κ2) is 18.6. The molecule has 72 heavy (non-hydrogen) atoms. The van der Waals surface area contributed by atoms with E-state index in [1.54, 1.807) is 0 Å². The summed E-state index contributed by atoms with van der Waals surface area (Å²) in [4.78, 5) is 4.89. The van der Waals surface area contributed by atoms with Crippen LogP contribution in [0.2, 0.25) is 0 Å². The fourth-order valence-corrected chi connectivity index (χ4v) is 11.9. The lowest BCUT2D eigenvalue weighted by molar-refractivity contribution is 0.353. The maximum Gasteiger partial charge on any atom is 0.0540 e. The van der Waals surface area contributed by atoms with Crippen LogP contribution in [0.4, 0.5) is 34.1 Å². The van der Waals surface area contributed by atoms with E-state index in [-0.39, 0.29) is 5.41 Å². The average molecular weight is 923 g/mol. The van der Waals surface area contributed by atoms with Gasteiger partial charge in [0.05, 0.1) is 5.69 Å². The summed E-state index contributed by atoms with van der Waals surface area (Å²) in [6.45, 7) is 0. The zero-order valence-electron chi connectivity index (χ0n) is 40.3. The highest BCUT2D eigenvalue weighted by molar-refractivity contribution is 5.99. The molecule has 13 rings (SSSR count). The van der Waals surface area contributed by atoms with Gasteiger partial charge < -0.3 is 9.80 Å². The molecule has 0 aliphatic heterocycles. The summed E-state index contributed by atoms with van der Waals surface area (Å²) in [6.07, 6.45) is 6.26. The van der Waals surface area contributed by atoms with Crippen LogP contribution in [0.25, 0.3) is 66.4 Å². The molecular formula is C70H54N2. The van der Waals surface area contributed by atoms with E-state index in [0.717, 1.165) is 22.7 Å². The Kier molecular flexibility index (Phi) is 11.2. The van der Waals surface area contributed by atoms with Gasteiger partial charge in [0.1, 0.15) is 0 Å². The molecule has 0 N–H and O–H groups in total. The van der Waals surface area contributed by atoms with Gasteiger partial charge in [-0.25, -0.2) is 0 Å². The van der Waals surface area contributed by atoms with Crippen molar-refractivity contribution in [2.75, 3.05) is 9.80 Å². The number of fused-ring (bicyclic) bond motifs is 6. The maximum atomic E-state index is 2.54. The first-order valence-electron chi connectivity index (χ1n) is 25.6. The monoisotopic (exact) mass is 922 g/mol. The molecule has 2 aliphatic carbocycles. The van der Waals surface area contributed by atoms with Crippen LogP contribution in [0.5, 0.6) is 0 Å². The molecule has 0 bridgehead atoms. The largest absolute Gasteiger partial charge is 0.310 e.